The zero-order valence-electron chi connectivity index (χ0n) is 6.60. The van der Waals surface area contributed by atoms with Crippen molar-refractivity contribution >= 4 is 5.71 Å². The normalized spacial score (nSPS) is 15.2. The van der Waals surface area contributed by atoms with Gasteiger partial charge in [0.2, 0.25) is 0 Å². The largest absolute Gasteiger partial charge is 0.479 e. The van der Waals surface area contributed by atoms with Gasteiger partial charge in [-0.05, 0) is 11.6 Å². The Balaban J connectivity index is 2.31. The predicted molar refractivity (Wildman–Crippen MR) is 48.1 cm³/mol. The number of benzene rings is 1. The van der Waals surface area contributed by atoms with E-state index in [0.717, 1.165) is 11.3 Å². The molecule has 12 heavy (non-hydrogen) atoms. The minimum absolute atomic E-state index is 0.431. The van der Waals surface area contributed by atoms with Crippen molar-refractivity contribution in [3.8, 4) is 0 Å². The Morgan fingerprint density at radius 3 is 2.67 bits per heavy atom. The van der Waals surface area contributed by atoms with Gasteiger partial charge in [0, 0.05) is 0 Å². The molecule has 0 spiro atoms. The Labute approximate surface area is 71.2 Å². The summed E-state index contributed by atoms with van der Waals surface area (Å²) >= 11 is 0. The SMILES string of the molecule is C1=CC(c2ccccc2)=NCO1. The molecule has 0 radical (unpaired) electrons. The molecule has 0 fully saturated rings. The van der Waals surface area contributed by atoms with E-state index in [1.165, 1.54) is 0 Å². The zero-order chi connectivity index (χ0) is 8.23. The maximum atomic E-state index is 4.95. The van der Waals surface area contributed by atoms with Crippen molar-refractivity contribution in [3.63, 3.8) is 0 Å². The topological polar surface area (TPSA) is 21.6 Å². The first-order chi connectivity index (χ1) is 5.97. The molecule has 2 nitrogen and oxygen atoms in total. The first-order valence-corrected chi connectivity index (χ1v) is 3.85. The Bertz CT molecular complexity index is 314. The number of hydrogen-bond donors (Lipinski definition) is 0. The Kier molecular flexibility index (Phi) is 1.90. The van der Waals surface area contributed by atoms with Crippen LogP contribution in [0.15, 0.2) is 47.7 Å². The second-order valence-electron chi connectivity index (χ2n) is 2.51. The fraction of sp³-hybridized carbons (Fsp3) is 0.100. The van der Waals surface area contributed by atoms with E-state index in [2.05, 4.69) is 4.99 Å². The molecule has 0 saturated carbocycles. The van der Waals surface area contributed by atoms with Crippen molar-refractivity contribution in [2.45, 2.75) is 0 Å². The van der Waals surface area contributed by atoms with Crippen molar-refractivity contribution in [1.29, 1.82) is 0 Å². The highest BCUT2D eigenvalue weighted by atomic mass is 16.5. The van der Waals surface area contributed by atoms with Gasteiger partial charge < -0.3 is 4.74 Å². The lowest BCUT2D eigenvalue weighted by molar-refractivity contribution is 0.258. The van der Waals surface area contributed by atoms with Gasteiger partial charge in [0.1, 0.15) is 0 Å². The van der Waals surface area contributed by atoms with Gasteiger partial charge in [-0.2, -0.15) is 0 Å². The Hall–Kier alpha value is -1.57. The van der Waals surface area contributed by atoms with Crippen LogP contribution in [0.1, 0.15) is 5.56 Å². The van der Waals surface area contributed by atoms with Crippen LogP contribution in [0.25, 0.3) is 0 Å². The van der Waals surface area contributed by atoms with Gasteiger partial charge in [0.15, 0.2) is 6.73 Å². The molecule has 0 N–H and O–H groups in total. The Morgan fingerprint density at radius 2 is 2.00 bits per heavy atom. The summed E-state index contributed by atoms with van der Waals surface area (Å²) in [5.41, 5.74) is 2.12. The average Bonchev–Trinajstić information content (AvgIpc) is 2.21. The fourth-order valence-corrected chi connectivity index (χ4v) is 1.11. The third-order valence-electron chi connectivity index (χ3n) is 1.70. The third-order valence-corrected chi connectivity index (χ3v) is 1.70. The molecule has 1 aliphatic rings. The third kappa shape index (κ3) is 1.37. The van der Waals surface area contributed by atoms with Gasteiger partial charge >= 0.3 is 0 Å². The molecule has 0 saturated heterocycles. The van der Waals surface area contributed by atoms with Crippen LogP contribution in [0.2, 0.25) is 0 Å². The molecule has 2 heteroatoms. The highest BCUT2D eigenvalue weighted by Gasteiger charge is 2.00. The monoisotopic (exact) mass is 159 g/mol. The van der Waals surface area contributed by atoms with Gasteiger partial charge in [-0.1, -0.05) is 30.3 Å². The number of aliphatic imine (C=N–C) groups is 1. The summed E-state index contributed by atoms with van der Waals surface area (Å²) in [6, 6.07) is 10.1. The predicted octanol–water partition coefficient (Wildman–Crippen LogP) is 1.98. The van der Waals surface area contributed by atoms with Crippen LogP contribution in [-0.4, -0.2) is 12.4 Å². The summed E-state index contributed by atoms with van der Waals surface area (Å²) < 4.78 is 4.95. The zero-order valence-corrected chi connectivity index (χ0v) is 6.60. The van der Waals surface area contributed by atoms with Crippen molar-refractivity contribution < 1.29 is 4.74 Å². The van der Waals surface area contributed by atoms with E-state index in [0.29, 0.717) is 6.73 Å². The second-order valence-corrected chi connectivity index (χ2v) is 2.51. The van der Waals surface area contributed by atoms with Gasteiger partial charge in [0.25, 0.3) is 0 Å². The van der Waals surface area contributed by atoms with Crippen LogP contribution in [0, 0.1) is 0 Å². The highest BCUT2D eigenvalue weighted by molar-refractivity contribution is 6.08. The standard InChI is InChI=1S/C10H9NO/c1-2-4-9(5-3-1)10-6-7-12-8-11-10/h1-7H,8H2. The first-order valence-electron chi connectivity index (χ1n) is 3.85. The highest BCUT2D eigenvalue weighted by Crippen LogP contribution is 2.05. The average molecular weight is 159 g/mol. The van der Waals surface area contributed by atoms with Crippen LogP contribution < -0.4 is 0 Å². The molecule has 0 aromatic heterocycles. The van der Waals surface area contributed by atoms with Crippen LogP contribution in [0.5, 0.6) is 0 Å². The van der Waals surface area contributed by atoms with Crippen LogP contribution >= 0.6 is 0 Å². The number of hydrogen-bond acceptors (Lipinski definition) is 2. The smallest absolute Gasteiger partial charge is 0.178 e. The molecule has 1 aromatic rings. The van der Waals surface area contributed by atoms with E-state index in [1.54, 1.807) is 6.26 Å². The first kappa shape index (κ1) is 7.10. The summed E-state index contributed by atoms with van der Waals surface area (Å²) in [5, 5.41) is 0. The minimum Gasteiger partial charge on any atom is -0.479 e. The lowest BCUT2D eigenvalue weighted by Gasteiger charge is -2.06. The summed E-state index contributed by atoms with van der Waals surface area (Å²) in [6.45, 7) is 0.431. The van der Waals surface area contributed by atoms with E-state index in [1.807, 2.05) is 36.4 Å². The second kappa shape index (κ2) is 3.22. The van der Waals surface area contributed by atoms with Gasteiger partial charge in [-0.25, -0.2) is 4.99 Å². The maximum Gasteiger partial charge on any atom is 0.178 e. The number of nitrogens with zero attached hydrogens (tertiary/aromatic N) is 1. The molecule has 60 valence electrons. The molecule has 1 aromatic carbocycles. The molecule has 1 heterocycles. The molecule has 2 rings (SSSR count). The van der Waals surface area contributed by atoms with Gasteiger partial charge in [-0.3, -0.25) is 0 Å². The molecule has 0 amide bonds. The Morgan fingerprint density at radius 1 is 1.17 bits per heavy atom. The molecule has 0 atom stereocenters. The van der Waals surface area contributed by atoms with Gasteiger partial charge in [0.05, 0.1) is 12.0 Å². The van der Waals surface area contributed by atoms with Crippen molar-refractivity contribution in [2.24, 2.45) is 4.99 Å². The number of ether oxygens (including phenoxy) is 1. The quantitative estimate of drug-likeness (QED) is 0.614. The molecular formula is C10H9NO. The number of rotatable bonds is 1. The van der Waals surface area contributed by atoms with Crippen molar-refractivity contribution in [1.82, 2.24) is 0 Å². The molecular weight excluding hydrogens is 150 g/mol. The molecule has 0 unspecified atom stereocenters. The summed E-state index contributed by atoms with van der Waals surface area (Å²) in [7, 11) is 0. The van der Waals surface area contributed by atoms with E-state index >= 15 is 0 Å². The fourth-order valence-electron chi connectivity index (χ4n) is 1.11. The van der Waals surface area contributed by atoms with Crippen LogP contribution in [0.3, 0.4) is 0 Å². The summed E-state index contributed by atoms with van der Waals surface area (Å²) in [6.07, 6.45) is 3.55. The van der Waals surface area contributed by atoms with Crippen LogP contribution in [-0.2, 0) is 4.74 Å². The lowest BCUT2D eigenvalue weighted by Crippen LogP contribution is -2.03. The van der Waals surface area contributed by atoms with E-state index in [4.69, 9.17) is 4.74 Å². The van der Waals surface area contributed by atoms with Crippen LogP contribution in [0.4, 0.5) is 0 Å². The van der Waals surface area contributed by atoms with Crippen molar-refractivity contribution in [3.05, 3.63) is 48.2 Å². The van der Waals surface area contributed by atoms with E-state index in [-0.39, 0.29) is 0 Å². The lowest BCUT2D eigenvalue weighted by atomic mass is 10.1. The molecule has 0 bridgehead atoms. The maximum absolute atomic E-state index is 4.95. The van der Waals surface area contributed by atoms with Gasteiger partial charge in [-0.15, -0.1) is 0 Å². The number of allylic oxidation sites excluding steroid dienone is 1. The summed E-state index contributed by atoms with van der Waals surface area (Å²) in [4.78, 5) is 4.21. The minimum atomic E-state index is 0.431. The van der Waals surface area contributed by atoms with E-state index in [9.17, 15) is 0 Å². The summed E-state index contributed by atoms with van der Waals surface area (Å²) in [5.74, 6) is 0. The molecule has 0 aliphatic carbocycles. The van der Waals surface area contributed by atoms with Crippen molar-refractivity contribution in [2.75, 3.05) is 6.73 Å². The molecule has 1 aliphatic heterocycles. The van der Waals surface area contributed by atoms with E-state index < -0.39 is 0 Å².